The second kappa shape index (κ2) is 6.50. The van der Waals surface area contributed by atoms with Gasteiger partial charge in [-0.25, -0.2) is 4.39 Å². The molecule has 0 aromatic heterocycles. The van der Waals surface area contributed by atoms with E-state index in [4.69, 9.17) is 10.5 Å². The second-order valence-electron chi connectivity index (χ2n) is 4.36. The van der Waals surface area contributed by atoms with Crippen LogP contribution in [0.1, 0.15) is 32.3 Å². The van der Waals surface area contributed by atoms with E-state index in [1.807, 2.05) is 13.8 Å². The van der Waals surface area contributed by atoms with Crippen molar-refractivity contribution in [3.05, 3.63) is 35.6 Å². The van der Waals surface area contributed by atoms with Crippen molar-refractivity contribution in [2.75, 3.05) is 6.54 Å². The Labute approximate surface area is 107 Å². The summed E-state index contributed by atoms with van der Waals surface area (Å²) < 4.78 is 18.6. The third-order valence-electron chi connectivity index (χ3n) is 3.49. The van der Waals surface area contributed by atoms with Crippen LogP contribution in [0, 0.1) is 11.2 Å². The zero-order chi connectivity index (χ0) is 13.6. The smallest absolute Gasteiger partial charge is 0.313 e. The molecule has 0 amide bonds. The van der Waals surface area contributed by atoms with E-state index >= 15 is 0 Å². The quantitative estimate of drug-likeness (QED) is 0.793. The fraction of sp³-hybridized carbons (Fsp3) is 0.500. The Balaban J connectivity index is 2.69. The minimum atomic E-state index is -0.648. The summed E-state index contributed by atoms with van der Waals surface area (Å²) >= 11 is 0. The van der Waals surface area contributed by atoms with Crippen molar-refractivity contribution >= 4 is 5.97 Å². The Bertz CT molecular complexity index is 394. The van der Waals surface area contributed by atoms with E-state index in [1.165, 1.54) is 6.07 Å². The summed E-state index contributed by atoms with van der Waals surface area (Å²) in [5.41, 5.74) is 5.38. The summed E-state index contributed by atoms with van der Waals surface area (Å²) in [7, 11) is 0. The molecule has 0 fully saturated rings. The Morgan fingerprint density at radius 2 is 1.94 bits per heavy atom. The van der Waals surface area contributed by atoms with Gasteiger partial charge in [0, 0.05) is 12.1 Å². The number of esters is 1. The van der Waals surface area contributed by atoms with Crippen LogP contribution in [0.2, 0.25) is 0 Å². The average molecular weight is 253 g/mol. The Kier molecular flexibility index (Phi) is 5.28. The number of benzene rings is 1. The van der Waals surface area contributed by atoms with Gasteiger partial charge in [0.15, 0.2) is 0 Å². The van der Waals surface area contributed by atoms with Crippen LogP contribution in [-0.2, 0) is 16.1 Å². The largest absolute Gasteiger partial charge is 0.460 e. The van der Waals surface area contributed by atoms with Crippen LogP contribution in [0.25, 0.3) is 0 Å². The van der Waals surface area contributed by atoms with E-state index in [0.717, 1.165) is 0 Å². The second-order valence-corrected chi connectivity index (χ2v) is 4.36. The van der Waals surface area contributed by atoms with E-state index in [-0.39, 0.29) is 24.9 Å². The zero-order valence-electron chi connectivity index (χ0n) is 10.9. The van der Waals surface area contributed by atoms with Crippen LogP contribution in [0.15, 0.2) is 24.3 Å². The maximum atomic E-state index is 13.4. The van der Waals surface area contributed by atoms with Crippen LogP contribution in [0.3, 0.4) is 0 Å². The minimum absolute atomic E-state index is 0.0484. The highest BCUT2D eigenvalue weighted by molar-refractivity contribution is 5.77. The lowest BCUT2D eigenvalue weighted by atomic mass is 9.82. The molecule has 4 heteroatoms. The number of halogens is 1. The summed E-state index contributed by atoms with van der Waals surface area (Å²) in [4.78, 5) is 12.0. The lowest BCUT2D eigenvalue weighted by molar-refractivity contribution is -0.157. The SMILES string of the molecule is CCC(CC)(CN)C(=O)OCc1ccccc1F. The van der Waals surface area contributed by atoms with E-state index in [9.17, 15) is 9.18 Å². The summed E-state index contributed by atoms with van der Waals surface area (Å²) in [6, 6.07) is 6.26. The molecule has 0 atom stereocenters. The Morgan fingerprint density at radius 3 is 2.44 bits per heavy atom. The molecule has 0 aliphatic heterocycles. The standard InChI is InChI=1S/C14H20FNO2/c1-3-14(4-2,10-16)13(17)18-9-11-7-5-6-8-12(11)15/h5-8H,3-4,9-10,16H2,1-2H3. The summed E-state index contributed by atoms with van der Waals surface area (Å²) in [5.74, 6) is -0.713. The zero-order valence-corrected chi connectivity index (χ0v) is 10.9. The van der Waals surface area contributed by atoms with Crippen LogP contribution in [-0.4, -0.2) is 12.5 Å². The predicted molar refractivity (Wildman–Crippen MR) is 68.3 cm³/mol. The number of carbonyl (C=O) groups excluding carboxylic acids is 1. The van der Waals surface area contributed by atoms with E-state index in [0.29, 0.717) is 18.4 Å². The highest BCUT2D eigenvalue weighted by Crippen LogP contribution is 2.27. The first-order chi connectivity index (χ1) is 8.59. The van der Waals surface area contributed by atoms with Gasteiger partial charge in [-0.2, -0.15) is 0 Å². The summed E-state index contributed by atoms with van der Waals surface area (Å²) in [6.45, 7) is 4.00. The normalized spacial score (nSPS) is 11.3. The average Bonchev–Trinajstić information content (AvgIpc) is 2.40. The molecule has 1 rings (SSSR count). The molecule has 1 aromatic carbocycles. The number of ether oxygens (including phenoxy) is 1. The van der Waals surface area contributed by atoms with Crippen molar-refractivity contribution in [2.24, 2.45) is 11.1 Å². The van der Waals surface area contributed by atoms with Gasteiger partial charge in [0.05, 0.1) is 5.41 Å². The van der Waals surface area contributed by atoms with Gasteiger partial charge in [0.2, 0.25) is 0 Å². The molecule has 0 saturated heterocycles. The molecular formula is C14H20FNO2. The van der Waals surface area contributed by atoms with Crippen LogP contribution in [0.4, 0.5) is 4.39 Å². The monoisotopic (exact) mass is 253 g/mol. The molecule has 100 valence electrons. The van der Waals surface area contributed by atoms with Crippen molar-refractivity contribution < 1.29 is 13.9 Å². The van der Waals surface area contributed by atoms with Crippen LogP contribution < -0.4 is 5.73 Å². The van der Waals surface area contributed by atoms with Crippen LogP contribution in [0.5, 0.6) is 0 Å². The number of hydrogen-bond donors (Lipinski definition) is 1. The highest BCUT2D eigenvalue weighted by Gasteiger charge is 2.35. The van der Waals surface area contributed by atoms with Gasteiger partial charge in [-0.15, -0.1) is 0 Å². The molecule has 2 N–H and O–H groups in total. The molecule has 0 heterocycles. The van der Waals surface area contributed by atoms with E-state index in [2.05, 4.69) is 0 Å². The van der Waals surface area contributed by atoms with Crippen molar-refractivity contribution in [2.45, 2.75) is 33.3 Å². The minimum Gasteiger partial charge on any atom is -0.460 e. The number of rotatable bonds is 6. The molecular weight excluding hydrogens is 233 g/mol. The van der Waals surface area contributed by atoms with Gasteiger partial charge in [-0.1, -0.05) is 32.0 Å². The number of nitrogens with two attached hydrogens (primary N) is 1. The fourth-order valence-electron chi connectivity index (χ4n) is 1.82. The lowest BCUT2D eigenvalue weighted by Gasteiger charge is -2.27. The molecule has 0 aliphatic rings. The summed E-state index contributed by atoms with van der Waals surface area (Å²) in [5, 5.41) is 0. The van der Waals surface area contributed by atoms with E-state index in [1.54, 1.807) is 18.2 Å². The van der Waals surface area contributed by atoms with Crippen molar-refractivity contribution in [1.29, 1.82) is 0 Å². The Morgan fingerprint density at radius 1 is 1.33 bits per heavy atom. The van der Waals surface area contributed by atoms with Gasteiger partial charge in [0.1, 0.15) is 12.4 Å². The van der Waals surface area contributed by atoms with E-state index < -0.39 is 5.41 Å². The molecule has 0 saturated carbocycles. The van der Waals surface area contributed by atoms with Gasteiger partial charge in [-0.05, 0) is 18.9 Å². The first-order valence-electron chi connectivity index (χ1n) is 6.20. The predicted octanol–water partition coefficient (Wildman–Crippen LogP) is 2.63. The molecule has 0 bridgehead atoms. The summed E-state index contributed by atoms with van der Waals surface area (Å²) in [6.07, 6.45) is 1.24. The molecule has 3 nitrogen and oxygen atoms in total. The maximum absolute atomic E-state index is 13.4. The number of carbonyl (C=O) groups is 1. The lowest BCUT2D eigenvalue weighted by Crippen LogP contribution is -2.38. The molecule has 1 aromatic rings. The van der Waals surface area contributed by atoms with Crippen LogP contribution >= 0.6 is 0 Å². The first kappa shape index (κ1) is 14.6. The van der Waals surface area contributed by atoms with Gasteiger partial charge >= 0.3 is 5.97 Å². The Hall–Kier alpha value is -1.42. The molecule has 18 heavy (non-hydrogen) atoms. The van der Waals surface area contributed by atoms with Crippen molar-refractivity contribution in [3.8, 4) is 0 Å². The topological polar surface area (TPSA) is 52.3 Å². The highest BCUT2D eigenvalue weighted by atomic mass is 19.1. The molecule has 0 spiro atoms. The molecule has 0 unspecified atom stereocenters. The van der Waals surface area contributed by atoms with Gasteiger partial charge < -0.3 is 10.5 Å². The van der Waals surface area contributed by atoms with Gasteiger partial charge in [-0.3, -0.25) is 4.79 Å². The fourth-order valence-corrected chi connectivity index (χ4v) is 1.82. The maximum Gasteiger partial charge on any atom is 0.313 e. The molecule has 0 aliphatic carbocycles. The molecule has 0 radical (unpaired) electrons. The number of hydrogen-bond acceptors (Lipinski definition) is 3. The van der Waals surface area contributed by atoms with Gasteiger partial charge in [0.25, 0.3) is 0 Å². The third-order valence-corrected chi connectivity index (χ3v) is 3.49. The first-order valence-corrected chi connectivity index (χ1v) is 6.20. The van der Waals surface area contributed by atoms with Crippen molar-refractivity contribution in [3.63, 3.8) is 0 Å². The van der Waals surface area contributed by atoms with Crippen molar-refractivity contribution in [1.82, 2.24) is 0 Å². The third kappa shape index (κ3) is 3.07.